The van der Waals surface area contributed by atoms with Crippen molar-refractivity contribution >= 4 is 27.4 Å². The molecule has 0 bridgehead atoms. The van der Waals surface area contributed by atoms with E-state index in [1.807, 2.05) is 6.92 Å². The van der Waals surface area contributed by atoms with Gasteiger partial charge in [0.25, 0.3) is 5.69 Å². The molecule has 0 aliphatic rings. The van der Waals surface area contributed by atoms with E-state index in [0.29, 0.717) is 28.1 Å². The lowest BCUT2D eigenvalue weighted by Gasteiger charge is -2.09. The first-order valence-electron chi connectivity index (χ1n) is 6.10. The van der Waals surface area contributed by atoms with Crippen molar-refractivity contribution in [3.05, 3.63) is 38.0 Å². The first-order chi connectivity index (χ1) is 9.45. The fraction of sp³-hybridized carbons (Fsp3) is 0.333. The first-order valence-corrected chi connectivity index (χ1v) is 6.90. The van der Waals surface area contributed by atoms with E-state index in [1.54, 1.807) is 13.0 Å². The van der Waals surface area contributed by atoms with Gasteiger partial charge in [-0.1, -0.05) is 18.6 Å². The lowest BCUT2D eigenvalue weighted by Crippen LogP contribution is -2.08. The van der Waals surface area contributed by atoms with Crippen LogP contribution in [0.1, 0.15) is 24.6 Å². The number of nitrogens with zero attached hydrogens (tertiary/aromatic N) is 4. The van der Waals surface area contributed by atoms with Gasteiger partial charge in [-0.15, -0.1) is 5.10 Å². The number of rotatable bonds is 4. The van der Waals surface area contributed by atoms with Crippen LogP contribution in [0.15, 0.2) is 16.6 Å². The molecule has 0 radical (unpaired) electrons. The summed E-state index contributed by atoms with van der Waals surface area (Å²) in [6, 6.07) is 3.31. The number of benzene rings is 1. The number of hydrogen-bond donors (Lipinski definition) is 1. The minimum atomic E-state index is -0.430. The Labute approximate surface area is 124 Å². The molecule has 0 fully saturated rings. The van der Waals surface area contributed by atoms with Gasteiger partial charge in [0, 0.05) is 6.07 Å². The van der Waals surface area contributed by atoms with Gasteiger partial charge in [0.1, 0.15) is 0 Å². The van der Waals surface area contributed by atoms with Crippen LogP contribution in [-0.2, 0) is 6.42 Å². The van der Waals surface area contributed by atoms with E-state index in [1.165, 1.54) is 10.7 Å². The van der Waals surface area contributed by atoms with Gasteiger partial charge in [0.15, 0.2) is 11.5 Å². The Bertz CT molecular complexity index is 668. The van der Waals surface area contributed by atoms with Gasteiger partial charge in [-0.3, -0.25) is 10.1 Å². The molecule has 0 aliphatic heterocycles. The first kappa shape index (κ1) is 14.4. The molecule has 0 spiro atoms. The molecule has 0 unspecified atom stereocenters. The van der Waals surface area contributed by atoms with Gasteiger partial charge in [-0.05, 0) is 40.9 Å². The Kier molecular flexibility index (Phi) is 4.03. The van der Waals surface area contributed by atoms with Crippen molar-refractivity contribution in [2.45, 2.75) is 26.7 Å². The Morgan fingerprint density at radius 2 is 2.20 bits per heavy atom. The van der Waals surface area contributed by atoms with Crippen LogP contribution in [0.2, 0.25) is 0 Å². The second-order valence-electron chi connectivity index (χ2n) is 4.45. The fourth-order valence-electron chi connectivity index (χ4n) is 2.03. The summed E-state index contributed by atoms with van der Waals surface area (Å²) >= 11 is 3.36. The van der Waals surface area contributed by atoms with Crippen molar-refractivity contribution in [3.8, 4) is 5.69 Å². The number of nitrogen functional groups attached to an aromatic ring is 1. The zero-order valence-electron chi connectivity index (χ0n) is 11.1. The van der Waals surface area contributed by atoms with Crippen molar-refractivity contribution in [3.63, 3.8) is 0 Å². The molecular formula is C12H14BrN5O2. The smallest absolute Gasteiger partial charge is 0.296 e. The molecule has 0 saturated heterocycles. The zero-order chi connectivity index (χ0) is 14.9. The summed E-state index contributed by atoms with van der Waals surface area (Å²) in [5.74, 6) is 0.300. The Morgan fingerprint density at radius 1 is 1.50 bits per heavy atom. The molecule has 20 heavy (non-hydrogen) atoms. The lowest BCUT2D eigenvalue weighted by molar-refractivity contribution is -0.384. The normalized spacial score (nSPS) is 10.8. The molecule has 1 heterocycles. The number of anilines is 1. The Hall–Kier alpha value is -1.96. The van der Waals surface area contributed by atoms with Crippen molar-refractivity contribution in [2.24, 2.45) is 0 Å². The largest absolute Gasteiger partial charge is 0.381 e. The second-order valence-corrected chi connectivity index (χ2v) is 5.31. The van der Waals surface area contributed by atoms with E-state index in [4.69, 9.17) is 5.73 Å². The third-order valence-corrected chi connectivity index (χ3v) is 3.48. The van der Waals surface area contributed by atoms with Gasteiger partial charge in [-0.25, -0.2) is 4.68 Å². The van der Waals surface area contributed by atoms with Crippen LogP contribution in [0, 0.1) is 17.0 Å². The van der Waals surface area contributed by atoms with E-state index in [-0.39, 0.29) is 5.69 Å². The molecular weight excluding hydrogens is 326 g/mol. The van der Waals surface area contributed by atoms with E-state index in [9.17, 15) is 10.1 Å². The molecule has 0 saturated carbocycles. The predicted octanol–water partition coefficient (Wildman–Crippen LogP) is 2.78. The summed E-state index contributed by atoms with van der Waals surface area (Å²) < 4.78 is 2.03. The van der Waals surface area contributed by atoms with Gasteiger partial charge in [0.05, 0.1) is 15.1 Å². The lowest BCUT2D eigenvalue weighted by atomic mass is 10.2. The molecule has 106 valence electrons. The van der Waals surface area contributed by atoms with Crippen molar-refractivity contribution in [2.75, 3.05) is 5.73 Å². The molecule has 2 N–H and O–H groups in total. The molecule has 2 rings (SSSR count). The molecule has 1 aromatic carbocycles. The molecule has 0 aliphatic carbocycles. The highest BCUT2D eigenvalue weighted by atomic mass is 79.9. The molecule has 7 nitrogen and oxygen atoms in total. The molecule has 0 atom stereocenters. The number of nitrogens with two attached hydrogens (primary N) is 1. The fourth-order valence-corrected chi connectivity index (χ4v) is 2.76. The van der Waals surface area contributed by atoms with Crippen LogP contribution < -0.4 is 5.73 Å². The van der Waals surface area contributed by atoms with Gasteiger partial charge in [0.2, 0.25) is 0 Å². The number of aromatic nitrogens is 3. The minimum absolute atomic E-state index is 0.0286. The maximum atomic E-state index is 11.3. The zero-order valence-corrected chi connectivity index (χ0v) is 12.7. The predicted molar refractivity (Wildman–Crippen MR) is 78.9 cm³/mol. The Balaban J connectivity index is 2.72. The maximum Gasteiger partial charge on any atom is 0.296 e. The molecule has 8 heteroatoms. The summed E-state index contributed by atoms with van der Waals surface area (Å²) in [7, 11) is 0. The van der Waals surface area contributed by atoms with Crippen LogP contribution >= 0.6 is 15.9 Å². The maximum absolute atomic E-state index is 11.3. The van der Waals surface area contributed by atoms with Gasteiger partial charge in [-0.2, -0.15) is 0 Å². The highest BCUT2D eigenvalue weighted by molar-refractivity contribution is 9.10. The molecule has 0 amide bonds. The van der Waals surface area contributed by atoms with Crippen LogP contribution in [0.4, 0.5) is 11.5 Å². The van der Waals surface area contributed by atoms with E-state index in [0.717, 1.165) is 12.0 Å². The van der Waals surface area contributed by atoms with Crippen molar-refractivity contribution in [1.29, 1.82) is 0 Å². The number of halogens is 1. The Morgan fingerprint density at radius 3 is 2.80 bits per heavy atom. The van der Waals surface area contributed by atoms with Crippen LogP contribution in [0.3, 0.4) is 0 Å². The monoisotopic (exact) mass is 339 g/mol. The summed E-state index contributed by atoms with van der Waals surface area (Å²) in [5.41, 5.74) is 7.59. The molecule has 2 aromatic rings. The van der Waals surface area contributed by atoms with Crippen molar-refractivity contribution in [1.82, 2.24) is 15.0 Å². The molecule has 1 aromatic heterocycles. The number of nitro groups is 1. The highest BCUT2D eigenvalue weighted by Gasteiger charge is 2.23. The number of aryl methyl sites for hydroxylation is 1. The van der Waals surface area contributed by atoms with Crippen LogP contribution in [0.5, 0.6) is 0 Å². The number of nitro benzene ring substituents is 1. The average Bonchev–Trinajstić information content (AvgIpc) is 2.71. The quantitative estimate of drug-likeness (QED) is 0.681. The summed E-state index contributed by atoms with van der Waals surface area (Å²) in [5, 5.41) is 19.0. The third-order valence-electron chi connectivity index (χ3n) is 2.88. The van der Waals surface area contributed by atoms with Gasteiger partial charge < -0.3 is 5.73 Å². The second kappa shape index (κ2) is 5.58. The summed E-state index contributed by atoms with van der Waals surface area (Å²) in [6.45, 7) is 3.79. The van der Waals surface area contributed by atoms with E-state index >= 15 is 0 Å². The average molecular weight is 340 g/mol. The SMILES string of the molecule is CCCc1c(N)nnn1-c1c(Br)cc(C)cc1[N+](=O)[O-]. The number of hydrogen-bond acceptors (Lipinski definition) is 5. The summed E-state index contributed by atoms with van der Waals surface area (Å²) in [6.07, 6.45) is 1.49. The minimum Gasteiger partial charge on any atom is -0.381 e. The third kappa shape index (κ3) is 2.51. The standard InChI is InChI=1S/C12H14BrN5O2/c1-3-4-9-12(14)15-16-17(9)11-8(13)5-7(2)6-10(11)18(19)20/h5-6H,3-4,14H2,1-2H3. The topological polar surface area (TPSA) is 99.9 Å². The van der Waals surface area contributed by atoms with Gasteiger partial charge >= 0.3 is 0 Å². The van der Waals surface area contributed by atoms with Crippen LogP contribution in [-0.4, -0.2) is 19.9 Å². The van der Waals surface area contributed by atoms with Crippen LogP contribution in [0.25, 0.3) is 5.69 Å². The highest BCUT2D eigenvalue weighted by Crippen LogP contribution is 2.33. The summed E-state index contributed by atoms with van der Waals surface area (Å²) in [4.78, 5) is 10.8. The van der Waals surface area contributed by atoms with E-state index < -0.39 is 4.92 Å². The van der Waals surface area contributed by atoms with Crippen molar-refractivity contribution < 1.29 is 4.92 Å². The van der Waals surface area contributed by atoms with E-state index in [2.05, 4.69) is 26.2 Å².